The summed E-state index contributed by atoms with van der Waals surface area (Å²) in [4.78, 5) is 14.2. The summed E-state index contributed by atoms with van der Waals surface area (Å²) in [6.07, 6.45) is 3.06. The smallest absolute Gasteiger partial charge is 0.226 e. The van der Waals surface area contributed by atoms with E-state index in [0.717, 1.165) is 35.5 Å². The van der Waals surface area contributed by atoms with E-state index in [4.69, 9.17) is 4.74 Å². The van der Waals surface area contributed by atoms with Gasteiger partial charge in [-0.15, -0.1) is 0 Å². The molecule has 5 heteroatoms. The molecule has 1 N–H and O–H groups in total. The third-order valence-corrected chi connectivity index (χ3v) is 4.28. The maximum atomic E-state index is 12.3. The van der Waals surface area contributed by atoms with Crippen molar-refractivity contribution in [3.63, 3.8) is 0 Å². The first kappa shape index (κ1) is 14.6. The second-order valence-corrected chi connectivity index (χ2v) is 5.74. The number of hydrogen-bond donors (Lipinski definition) is 1. The highest BCUT2D eigenvalue weighted by molar-refractivity contribution is 5.76. The van der Waals surface area contributed by atoms with Crippen LogP contribution in [0.1, 0.15) is 28.8 Å². The predicted molar refractivity (Wildman–Crippen MR) is 83.7 cm³/mol. The summed E-state index contributed by atoms with van der Waals surface area (Å²) in [5, 5.41) is 7.01. The summed E-state index contributed by atoms with van der Waals surface area (Å²) < 4.78 is 5.77. The molecule has 1 aromatic heterocycles. The number of fused-ring (bicyclic) bond motifs is 1. The zero-order chi connectivity index (χ0) is 15.5. The molecule has 0 aliphatic carbocycles. The third kappa shape index (κ3) is 2.98. The van der Waals surface area contributed by atoms with E-state index in [1.807, 2.05) is 24.0 Å². The van der Waals surface area contributed by atoms with Crippen LogP contribution >= 0.6 is 0 Å². The van der Waals surface area contributed by atoms with Crippen LogP contribution in [0.3, 0.4) is 0 Å². The summed E-state index contributed by atoms with van der Waals surface area (Å²) in [6, 6.07) is 5.99. The van der Waals surface area contributed by atoms with Gasteiger partial charge in [0.2, 0.25) is 5.91 Å². The highest BCUT2D eigenvalue weighted by Gasteiger charge is 2.21. The van der Waals surface area contributed by atoms with Crippen LogP contribution in [0.25, 0.3) is 0 Å². The van der Waals surface area contributed by atoms with Gasteiger partial charge in [-0.25, -0.2) is 0 Å². The zero-order valence-electron chi connectivity index (χ0n) is 13.1. The van der Waals surface area contributed by atoms with Gasteiger partial charge in [0.15, 0.2) is 0 Å². The first-order valence-electron chi connectivity index (χ1n) is 7.63. The molecule has 5 nitrogen and oxygen atoms in total. The van der Waals surface area contributed by atoms with Crippen LogP contribution in [0.15, 0.2) is 24.4 Å². The second-order valence-electron chi connectivity index (χ2n) is 5.74. The van der Waals surface area contributed by atoms with E-state index in [1.165, 1.54) is 5.56 Å². The van der Waals surface area contributed by atoms with Crippen molar-refractivity contribution in [1.29, 1.82) is 0 Å². The number of benzene rings is 1. The average Bonchev–Trinajstić information content (AvgIpc) is 2.98. The minimum absolute atomic E-state index is 0.136. The molecular formula is C17H21N3O2. The lowest BCUT2D eigenvalue weighted by Crippen LogP contribution is -2.36. The Morgan fingerprint density at radius 3 is 3.14 bits per heavy atom. The van der Waals surface area contributed by atoms with Crippen molar-refractivity contribution >= 4 is 5.91 Å². The number of amides is 1. The number of nitrogens with one attached hydrogen (secondary N) is 1. The van der Waals surface area contributed by atoms with Gasteiger partial charge in [0.25, 0.3) is 0 Å². The molecule has 1 aliphatic heterocycles. The SMILES string of the molecule is Cc1cccc(OCCC(=O)N2CCc3[nH]ncc3C2)c1C. The van der Waals surface area contributed by atoms with Gasteiger partial charge in [0.05, 0.1) is 19.2 Å². The maximum absolute atomic E-state index is 12.3. The number of H-pyrrole nitrogens is 1. The number of rotatable bonds is 4. The van der Waals surface area contributed by atoms with Gasteiger partial charge >= 0.3 is 0 Å². The first-order valence-corrected chi connectivity index (χ1v) is 7.63. The molecule has 0 atom stereocenters. The van der Waals surface area contributed by atoms with Crippen molar-refractivity contribution in [2.24, 2.45) is 0 Å². The van der Waals surface area contributed by atoms with Gasteiger partial charge in [0.1, 0.15) is 5.75 Å². The van der Waals surface area contributed by atoms with Crippen LogP contribution in [-0.2, 0) is 17.8 Å². The molecule has 0 saturated heterocycles. The van der Waals surface area contributed by atoms with Crippen molar-refractivity contribution in [3.8, 4) is 5.75 Å². The summed E-state index contributed by atoms with van der Waals surface area (Å²) in [6.45, 7) is 5.91. The van der Waals surface area contributed by atoms with Gasteiger partial charge in [-0.05, 0) is 31.0 Å². The molecule has 0 radical (unpaired) electrons. The number of aryl methyl sites for hydroxylation is 1. The Labute approximate surface area is 130 Å². The van der Waals surface area contributed by atoms with Crippen molar-refractivity contribution in [2.45, 2.75) is 33.2 Å². The lowest BCUT2D eigenvalue weighted by atomic mass is 10.1. The van der Waals surface area contributed by atoms with E-state index >= 15 is 0 Å². The quantitative estimate of drug-likeness (QED) is 0.943. The monoisotopic (exact) mass is 299 g/mol. The number of ether oxygens (including phenoxy) is 1. The van der Waals surface area contributed by atoms with Crippen LogP contribution in [0.4, 0.5) is 0 Å². The van der Waals surface area contributed by atoms with Gasteiger partial charge in [-0.1, -0.05) is 12.1 Å². The number of aromatic amines is 1. The van der Waals surface area contributed by atoms with E-state index in [2.05, 4.69) is 23.2 Å². The number of carbonyl (C=O) groups is 1. The summed E-state index contributed by atoms with van der Waals surface area (Å²) in [5.74, 6) is 1.00. The van der Waals surface area contributed by atoms with Crippen LogP contribution in [0.5, 0.6) is 5.75 Å². The number of carbonyl (C=O) groups excluding carboxylic acids is 1. The van der Waals surface area contributed by atoms with Crippen molar-refractivity contribution in [2.75, 3.05) is 13.2 Å². The molecule has 22 heavy (non-hydrogen) atoms. The van der Waals surface area contributed by atoms with Crippen molar-refractivity contribution in [3.05, 3.63) is 46.8 Å². The topological polar surface area (TPSA) is 58.2 Å². The van der Waals surface area contributed by atoms with Gasteiger partial charge in [-0.3, -0.25) is 9.89 Å². The van der Waals surface area contributed by atoms with Gasteiger partial charge in [0, 0.05) is 30.8 Å². The molecule has 0 spiro atoms. The van der Waals surface area contributed by atoms with E-state index < -0.39 is 0 Å². The maximum Gasteiger partial charge on any atom is 0.226 e. The first-order chi connectivity index (χ1) is 10.6. The second kappa shape index (κ2) is 6.22. The molecule has 1 amide bonds. The molecule has 2 heterocycles. The van der Waals surface area contributed by atoms with E-state index in [0.29, 0.717) is 19.6 Å². The number of hydrogen-bond acceptors (Lipinski definition) is 3. The predicted octanol–water partition coefficient (Wildman–Crippen LogP) is 2.38. The molecule has 3 rings (SSSR count). The zero-order valence-corrected chi connectivity index (χ0v) is 13.1. The normalized spacial score (nSPS) is 13.8. The molecule has 1 aromatic carbocycles. The lowest BCUT2D eigenvalue weighted by Gasteiger charge is -2.26. The average molecular weight is 299 g/mol. The summed E-state index contributed by atoms with van der Waals surface area (Å²) >= 11 is 0. The summed E-state index contributed by atoms with van der Waals surface area (Å²) in [5.41, 5.74) is 4.61. The molecule has 2 aromatic rings. The van der Waals surface area contributed by atoms with Crippen molar-refractivity contribution in [1.82, 2.24) is 15.1 Å². The van der Waals surface area contributed by atoms with Gasteiger partial charge < -0.3 is 9.64 Å². The fraction of sp³-hybridized carbons (Fsp3) is 0.412. The Kier molecular flexibility index (Phi) is 4.13. The van der Waals surface area contributed by atoms with Gasteiger partial charge in [-0.2, -0.15) is 5.10 Å². The molecule has 0 saturated carbocycles. The van der Waals surface area contributed by atoms with E-state index in [9.17, 15) is 4.79 Å². The summed E-state index contributed by atoms with van der Waals surface area (Å²) in [7, 11) is 0. The minimum Gasteiger partial charge on any atom is -0.493 e. The Bertz CT molecular complexity index is 678. The van der Waals surface area contributed by atoms with E-state index in [1.54, 1.807) is 6.20 Å². The number of nitrogens with zero attached hydrogens (tertiary/aromatic N) is 2. The molecule has 0 fully saturated rings. The Hall–Kier alpha value is -2.30. The standard InChI is InChI=1S/C17H21N3O2/c1-12-4-3-5-16(13(12)2)22-9-7-17(21)20-8-6-15-14(11-20)10-18-19-15/h3-5,10H,6-9,11H2,1-2H3,(H,18,19). The molecule has 1 aliphatic rings. The largest absolute Gasteiger partial charge is 0.493 e. The Balaban J connectivity index is 1.52. The van der Waals surface area contributed by atoms with Crippen molar-refractivity contribution < 1.29 is 9.53 Å². The van der Waals surface area contributed by atoms with Crippen LogP contribution in [0, 0.1) is 13.8 Å². The lowest BCUT2D eigenvalue weighted by molar-refractivity contribution is -0.132. The number of aromatic nitrogens is 2. The van der Waals surface area contributed by atoms with E-state index in [-0.39, 0.29) is 5.91 Å². The highest BCUT2D eigenvalue weighted by atomic mass is 16.5. The van der Waals surface area contributed by atoms with Crippen LogP contribution in [0.2, 0.25) is 0 Å². The molecule has 116 valence electrons. The fourth-order valence-corrected chi connectivity index (χ4v) is 2.72. The Morgan fingerprint density at radius 1 is 1.41 bits per heavy atom. The minimum atomic E-state index is 0.136. The Morgan fingerprint density at radius 2 is 2.27 bits per heavy atom. The molecule has 0 unspecified atom stereocenters. The van der Waals surface area contributed by atoms with Crippen LogP contribution in [-0.4, -0.2) is 34.2 Å². The fourth-order valence-electron chi connectivity index (χ4n) is 2.72. The highest BCUT2D eigenvalue weighted by Crippen LogP contribution is 2.21. The third-order valence-electron chi connectivity index (χ3n) is 4.28. The molecular weight excluding hydrogens is 278 g/mol. The van der Waals surface area contributed by atoms with Crippen LogP contribution < -0.4 is 4.74 Å². The molecule has 0 bridgehead atoms.